The van der Waals surface area contributed by atoms with Crippen LogP contribution in [0, 0.1) is 12.8 Å². The Balaban J connectivity index is 1.98. The molecular formula is C19H22N4O. The third-order valence-corrected chi connectivity index (χ3v) is 3.98. The van der Waals surface area contributed by atoms with Gasteiger partial charge in [0.15, 0.2) is 0 Å². The monoisotopic (exact) mass is 322 g/mol. The highest BCUT2D eigenvalue weighted by atomic mass is 16.1. The summed E-state index contributed by atoms with van der Waals surface area (Å²) in [6.07, 6.45) is 1.21. The maximum Gasteiger partial charge on any atom is 0.221 e. The van der Waals surface area contributed by atoms with Gasteiger partial charge in [-0.3, -0.25) is 9.89 Å². The first-order valence-corrected chi connectivity index (χ1v) is 8.15. The van der Waals surface area contributed by atoms with Crippen LogP contribution in [-0.4, -0.2) is 21.1 Å². The molecule has 3 N–H and O–H groups in total. The Morgan fingerprint density at radius 1 is 1.21 bits per heavy atom. The van der Waals surface area contributed by atoms with Crippen LogP contribution < -0.4 is 5.73 Å². The summed E-state index contributed by atoms with van der Waals surface area (Å²) in [5, 5.41) is 8.53. The van der Waals surface area contributed by atoms with Gasteiger partial charge in [0.05, 0.1) is 17.6 Å². The van der Waals surface area contributed by atoms with Crippen LogP contribution in [0.2, 0.25) is 0 Å². The highest BCUT2D eigenvalue weighted by molar-refractivity contribution is 5.86. The van der Waals surface area contributed by atoms with Crippen LogP contribution in [0.3, 0.4) is 0 Å². The van der Waals surface area contributed by atoms with Crippen LogP contribution >= 0.6 is 0 Å². The molecule has 3 aromatic rings. The number of hydrogen-bond donors (Lipinski definition) is 2. The minimum absolute atomic E-state index is 0.245. The number of primary amides is 1. The summed E-state index contributed by atoms with van der Waals surface area (Å²) in [6.45, 7) is 6.41. The molecule has 0 unspecified atom stereocenters. The second-order valence-corrected chi connectivity index (χ2v) is 6.70. The van der Waals surface area contributed by atoms with Crippen LogP contribution in [0.25, 0.3) is 22.3 Å². The van der Waals surface area contributed by atoms with Crippen molar-refractivity contribution in [2.24, 2.45) is 11.7 Å². The molecular weight excluding hydrogens is 300 g/mol. The number of pyridine rings is 1. The van der Waals surface area contributed by atoms with E-state index in [0.717, 1.165) is 45.5 Å². The summed E-state index contributed by atoms with van der Waals surface area (Å²) >= 11 is 0. The molecule has 5 heteroatoms. The van der Waals surface area contributed by atoms with Crippen molar-refractivity contribution in [1.82, 2.24) is 15.2 Å². The Labute approximate surface area is 141 Å². The zero-order valence-corrected chi connectivity index (χ0v) is 14.3. The van der Waals surface area contributed by atoms with E-state index in [-0.39, 0.29) is 12.3 Å². The predicted octanol–water partition coefficient (Wildman–Crippen LogP) is 3.16. The second-order valence-electron chi connectivity index (χ2n) is 6.70. The van der Waals surface area contributed by atoms with E-state index in [1.54, 1.807) is 0 Å². The summed E-state index contributed by atoms with van der Waals surface area (Å²) in [6, 6.07) is 9.92. The highest BCUT2D eigenvalue weighted by Gasteiger charge is 2.10. The van der Waals surface area contributed by atoms with Crippen molar-refractivity contribution in [3.8, 4) is 11.4 Å². The van der Waals surface area contributed by atoms with Crippen molar-refractivity contribution in [3.05, 3.63) is 47.2 Å². The van der Waals surface area contributed by atoms with Crippen molar-refractivity contribution < 1.29 is 4.79 Å². The Morgan fingerprint density at radius 2 is 2.00 bits per heavy atom. The molecule has 0 aliphatic rings. The van der Waals surface area contributed by atoms with E-state index in [1.165, 1.54) is 0 Å². The third kappa shape index (κ3) is 3.45. The molecule has 0 fully saturated rings. The number of hydrogen-bond acceptors (Lipinski definition) is 3. The number of H-pyrrole nitrogens is 1. The Kier molecular flexibility index (Phi) is 4.34. The van der Waals surface area contributed by atoms with Gasteiger partial charge in [-0.1, -0.05) is 19.9 Å². The molecule has 24 heavy (non-hydrogen) atoms. The molecule has 5 nitrogen and oxygen atoms in total. The average Bonchev–Trinajstić information content (AvgIpc) is 2.95. The van der Waals surface area contributed by atoms with Crippen molar-refractivity contribution in [2.75, 3.05) is 0 Å². The van der Waals surface area contributed by atoms with Crippen LogP contribution in [0.1, 0.15) is 30.7 Å². The maximum atomic E-state index is 11.1. The minimum Gasteiger partial charge on any atom is -0.369 e. The number of aromatic nitrogens is 3. The van der Waals surface area contributed by atoms with Crippen LogP contribution in [0.15, 0.2) is 30.3 Å². The molecule has 0 aliphatic carbocycles. The van der Waals surface area contributed by atoms with Crippen LogP contribution in [0.4, 0.5) is 0 Å². The van der Waals surface area contributed by atoms with Gasteiger partial charge in [-0.15, -0.1) is 0 Å². The summed E-state index contributed by atoms with van der Waals surface area (Å²) in [5.74, 6) is 0.249. The number of carbonyl (C=O) groups excluding carboxylic acids is 1. The number of nitrogens with two attached hydrogens (primary N) is 1. The highest BCUT2D eigenvalue weighted by Crippen LogP contribution is 2.25. The Morgan fingerprint density at radius 3 is 2.71 bits per heavy atom. The van der Waals surface area contributed by atoms with Crippen molar-refractivity contribution >= 4 is 16.8 Å². The normalized spacial score (nSPS) is 11.3. The van der Waals surface area contributed by atoms with E-state index >= 15 is 0 Å². The lowest BCUT2D eigenvalue weighted by Gasteiger charge is -2.07. The quantitative estimate of drug-likeness (QED) is 0.756. The fourth-order valence-corrected chi connectivity index (χ4v) is 2.92. The van der Waals surface area contributed by atoms with Gasteiger partial charge in [0, 0.05) is 11.1 Å². The number of amides is 1. The second kappa shape index (κ2) is 6.43. The molecule has 3 rings (SSSR count). The van der Waals surface area contributed by atoms with E-state index in [9.17, 15) is 4.79 Å². The van der Waals surface area contributed by atoms with Crippen molar-refractivity contribution in [2.45, 2.75) is 33.6 Å². The van der Waals surface area contributed by atoms with E-state index in [0.29, 0.717) is 5.92 Å². The number of fused-ring (bicyclic) bond motifs is 1. The van der Waals surface area contributed by atoms with Crippen molar-refractivity contribution in [3.63, 3.8) is 0 Å². The first-order valence-electron chi connectivity index (χ1n) is 8.15. The standard InChI is InChI=1S/C19H22N4O/c1-11(2)6-14-10-18(23-22-14)17-7-12(3)15-8-13(9-19(20)24)4-5-16(15)21-17/h4-5,7-8,10-11H,6,9H2,1-3H3,(H2,20,24)(H,22,23). The summed E-state index contributed by atoms with van der Waals surface area (Å²) in [4.78, 5) is 15.8. The molecule has 0 saturated heterocycles. The number of benzene rings is 1. The largest absolute Gasteiger partial charge is 0.369 e. The van der Waals surface area contributed by atoms with Gasteiger partial charge in [0.25, 0.3) is 0 Å². The first-order chi connectivity index (χ1) is 11.4. The number of aryl methyl sites for hydroxylation is 1. The molecule has 1 aromatic carbocycles. The fraction of sp³-hybridized carbons (Fsp3) is 0.316. The molecule has 0 bridgehead atoms. The third-order valence-electron chi connectivity index (χ3n) is 3.98. The van der Waals surface area contributed by atoms with Crippen LogP contribution in [-0.2, 0) is 17.6 Å². The topological polar surface area (TPSA) is 84.7 Å². The van der Waals surface area contributed by atoms with Gasteiger partial charge in [-0.25, -0.2) is 4.98 Å². The van der Waals surface area contributed by atoms with Gasteiger partial charge in [-0.2, -0.15) is 5.10 Å². The van der Waals surface area contributed by atoms with E-state index in [2.05, 4.69) is 30.1 Å². The number of aromatic amines is 1. The molecule has 0 atom stereocenters. The molecule has 2 heterocycles. The Hall–Kier alpha value is -2.69. The molecule has 124 valence electrons. The summed E-state index contributed by atoms with van der Waals surface area (Å²) < 4.78 is 0. The summed E-state index contributed by atoms with van der Waals surface area (Å²) in [5.41, 5.74) is 11.0. The number of nitrogens with one attached hydrogen (secondary N) is 1. The molecule has 0 spiro atoms. The average molecular weight is 322 g/mol. The van der Waals surface area contributed by atoms with E-state index < -0.39 is 0 Å². The molecule has 2 aromatic heterocycles. The maximum absolute atomic E-state index is 11.1. The summed E-state index contributed by atoms with van der Waals surface area (Å²) in [7, 11) is 0. The van der Waals surface area contributed by atoms with E-state index in [1.807, 2.05) is 31.2 Å². The van der Waals surface area contributed by atoms with Gasteiger partial charge in [0.2, 0.25) is 5.91 Å². The lowest BCUT2D eigenvalue weighted by molar-refractivity contribution is -0.117. The lowest BCUT2D eigenvalue weighted by Crippen LogP contribution is -2.13. The Bertz CT molecular complexity index is 896. The zero-order valence-electron chi connectivity index (χ0n) is 14.3. The number of nitrogens with zero attached hydrogens (tertiary/aromatic N) is 2. The fourth-order valence-electron chi connectivity index (χ4n) is 2.92. The molecule has 0 radical (unpaired) electrons. The van der Waals surface area contributed by atoms with Gasteiger partial charge >= 0.3 is 0 Å². The van der Waals surface area contributed by atoms with Gasteiger partial charge in [0.1, 0.15) is 5.69 Å². The number of carbonyl (C=O) groups is 1. The van der Waals surface area contributed by atoms with Gasteiger partial charge in [-0.05, 0) is 54.7 Å². The van der Waals surface area contributed by atoms with Crippen molar-refractivity contribution in [1.29, 1.82) is 0 Å². The zero-order chi connectivity index (χ0) is 17.3. The van der Waals surface area contributed by atoms with Gasteiger partial charge < -0.3 is 5.73 Å². The van der Waals surface area contributed by atoms with Crippen LogP contribution in [0.5, 0.6) is 0 Å². The molecule has 0 saturated carbocycles. The first kappa shape index (κ1) is 16.2. The molecule has 0 aliphatic heterocycles. The molecule has 1 amide bonds. The SMILES string of the molecule is Cc1cc(-c2cc(CC(C)C)[nH]n2)nc2ccc(CC(N)=O)cc12. The van der Waals surface area contributed by atoms with E-state index in [4.69, 9.17) is 10.7 Å². The number of rotatable bonds is 5. The smallest absolute Gasteiger partial charge is 0.221 e. The predicted molar refractivity (Wildman–Crippen MR) is 95.5 cm³/mol. The lowest BCUT2D eigenvalue weighted by atomic mass is 10.0. The minimum atomic E-state index is -0.328.